The van der Waals surface area contributed by atoms with Crippen LogP contribution >= 0.6 is 0 Å². The lowest BCUT2D eigenvalue weighted by Gasteiger charge is -2.14. The Morgan fingerprint density at radius 2 is 1.92 bits per heavy atom. The predicted octanol–water partition coefficient (Wildman–Crippen LogP) is 2.04. The SMILES string of the molecule is C[C@@H](NC(=O)c1ccc2[nH]ccc2n1)C(=O)NCCc1ccccc1. The summed E-state index contributed by atoms with van der Waals surface area (Å²) < 4.78 is 0. The Labute approximate surface area is 145 Å². The second-order valence-electron chi connectivity index (χ2n) is 5.83. The van der Waals surface area contributed by atoms with Gasteiger partial charge >= 0.3 is 0 Å². The van der Waals surface area contributed by atoms with Crippen molar-refractivity contribution in [1.82, 2.24) is 20.6 Å². The Kier molecular flexibility index (Phi) is 5.09. The average Bonchev–Trinajstić information content (AvgIpc) is 3.10. The third kappa shape index (κ3) is 4.23. The summed E-state index contributed by atoms with van der Waals surface area (Å²) in [7, 11) is 0. The number of fused-ring (bicyclic) bond motifs is 1. The van der Waals surface area contributed by atoms with E-state index in [2.05, 4.69) is 20.6 Å². The van der Waals surface area contributed by atoms with Crippen LogP contribution in [0.1, 0.15) is 23.0 Å². The molecule has 0 aliphatic carbocycles. The number of nitrogens with one attached hydrogen (secondary N) is 3. The van der Waals surface area contributed by atoms with Crippen molar-refractivity contribution in [2.75, 3.05) is 6.54 Å². The van der Waals surface area contributed by atoms with Crippen LogP contribution in [0.2, 0.25) is 0 Å². The number of benzene rings is 1. The molecule has 0 bridgehead atoms. The second kappa shape index (κ2) is 7.61. The molecule has 0 spiro atoms. The lowest BCUT2D eigenvalue weighted by atomic mass is 10.1. The molecule has 2 aromatic heterocycles. The van der Waals surface area contributed by atoms with E-state index >= 15 is 0 Å². The molecule has 3 N–H and O–H groups in total. The van der Waals surface area contributed by atoms with Crippen LogP contribution in [-0.4, -0.2) is 34.4 Å². The molecule has 0 aliphatic rings. The third-order valence-corrected chi connectivity index (χ3v) is 3.93. The van der Waals surface area contributed by atoms with Gasteiger partial charge in [-0.3, -0.25) is 9.59 Å². The second-order valence-corrected chi connectivity index (χ2v) is 5.83. The molecule has 3 rings (SSSR count). The van der Waals surface area contributed by atoms with Gasteiger partial charge in [0.25, 0.3) is 5.91 Å². The van der Waals surface area contributed by atoms with Crippen LogP contribution in [0.3, 0.4) is 0 Å². The number of hydrogen-bond acceptors (Lipinski definition) is 3. The van der Waals surface area contributed by atoms with Crippen molar-refractivity contribution in [2.24, 2.45) is 0 Å². The molecule has 6 nitrogen and oxygen atoms in total. The van der Waals surface area contributed by atoms with Gasteiger partial charge in [-0.2, -0.15) is 0 Å². The molecule has 0 aliphatic heterocycles. The van der Waals surface area contributed by atoms with Gasteiger partial charge in [0.1, 0.15) is 11.7 Å². The van der Waals surface area contributed by atoms with Crippen LogP contribution in [0.15, 0.2) is 54.7 Å². The minimum atomic E-state index is -0.632. The van der Waals surface area contributed by atoms with Gasteiger partial charge in [-0.15, -0.1) is 0 Å². The molecule has 6 heteroatoms. The Balaban J connectivity index is 1.51. The van der Waals surface area contributed by atoms with Gasteiger partial charge < -0.3 is 15.6 Å². The Morgan fingerprint density at radius 1 is 1.12 bits per heavy atom. The van der Waals surface area contributed by atoms with E-state index in [1.807, 2.05) is 30.3 Å². The first-order valence-electron chi connectivity index (χ1n) is 8.20. The zero-order valence-corrected chi connectivity index (χ0v) is 14.0. The van der Waals surface area contributed by atoms with E-state index in [9.17, 15) is 9.59 Å². The molecule has 1 atom stereocenters. The van der Waals surface area contributed by atoms with E-state index in [4.69, 9.17) is 0 Å². The smallest absolute Gasteiger partial charge is 0.270 e. The highest BCUT2D eigenvalue weighted by atomic mass is 16.2. The maximum atomic E-state index is 12.3. The number of pyridine rings is 1. The van der Waals surface area contributed by atoms with Crippen molar-refractivity contribution in [1.29, 1.82) is 0 Å². The van der Waals surface area contributed by atoms with E-state index in [1.54, 1.807) is 31.3 Å². The van der Waals surface area contributed by atoms with Gasteiger partial charge in [0, 0.05) is 12.7 Å². The van der Waals surface area contributed by atoms with Crippen LogP contribution in [-0.2, 0) is 11.2 Å². The van der Waals surface area contributed by atoms with Gasteiger partial charge in [0.05, 0.1) is 11.0 Å². The minimum Gasteiger partial charge on any atom is -0.360 e. The maximum absolute atomic E-state index is 12.3. The topological polar surface area (TPSA) is 86.9 Å². The molecule has 0 unspecified atom stereocenters. The lowest BCUT2D eigenvalue weighted by Crippen LogP contribution is -2.45. The van der Waals surface area contributed by atoms with E-state index in [-0.39, 0.29) is 17.5 Å². The standard InChI is InChI=1S/C19H20N4O2/c1-13(18(24)21-11-9-14-5-3-2-4-6-14)22-19(25)17-8-7-15-16(23-17)10-12-20-15/h2-8,10,12-13,20H,9,11H2,1H3,(H,21,24)(H,22,25)/t13-/m1/s1. The zero-order valence-electron chi connectivity index (χ0n) is 14.0. The van der Waals surface area contributed by atoms with Crippen molar-refractivity contribution in [2.45, 2.75) is 19.4 Å². The highest BCUT2D eigenvalue weighted by Gasteiger charge is 2.17. The molecular weight excluding hydrogens is 316 g/mol. The van der Waals surface area contributed by atoms with Gasteiger partial charge in [0.15, 0.2) is 0 Å². The summed E-state index contributed by atoms with van der Waals surface area (Å²) in [6, 6.07) is 14.5. The van der Waals surface area contributed by atoms with Crippen molar-refractivity contribution >= 4 is 22.8 Å². The van der Waals surface area contributed by atoms with Crippen molar-refractivity contribution in [3.8, 4) is 0 Å². The quantitative estimate of drug-likeness (QED) is 0.644. The summed E-state index contributed by atoms with van der Waals surface area (Å²) in [4.78, 5) is 31.7. The highest BCUT2D eigenvalue weighted by Crippen LogP contribution is 2.10. The van der Waals surface area contributed by atoms with Crippen LogP contribution in [0.25, 0.3) is 11.0 Å². The molecule has 0 saturated heterocycles. The fourth-order valence-corrected chi connectivity index (χ4v) is 2.52. The Bertz CT molecular complexity index is 873. The first kappa shape index (κ1) is 16.7. The van der Waals surface area contributed by atoms with Crippen molar-refractivity contribution in [3.63, 3.8) is 0 Å². The molecule has 3 aromatic rings. The van der Waals surface area contributed by atoms with Gasteiger partial charge in [-0.05, 0) is 37.1 Å². The number of aromatic nitrogens is 2. The van der Waals surface area contributed by atoms with Crippen LogP contribution in [0, 0.1) is 0 Å². The number of aromatic amines is 1. The molecule has 0 saturated carbocycles. The third-order valence-electron chi connectivity index (χ3n) is 3.93. The van der Waals surface area contributed by atoms with E-state index in [0.717, 1.165) is 17.5 Å². The summed E-state index contributed by atoms with van der Waals surface area (Å²) in [6.07, 6.45) is 2.51. The minimum absolute atomic E-state index is 0.216. The molecule has 25 heavy (non-hydrogen) atoms. The fourth-order valence-electron chi connectivity index (χ4n) is 2.52. The fraction of sp³-hybridized carbons (Fsp3) is 0.211. The summed E-state index contributed by atoms with van der Waals surface area (Å²) in [5.74, 6) is -0.583. The van der Waals surface area contributed by atoms with Crippen molar-refractivity contribution < 1.29 is 9.59 Å². The number of nitrogens with zero attached hydrogens (tertiary/aromatic N) is 1. The van der Waals surface area contributed by atoms with Gasteiger partial charge in [-0.1, -0.05) is 30.3 Å². The number of hydrogen-bond donors (Lipinski definition) is 3. The van der Waals surface area contributed by atoms with Crippen LogP contribution < -0.4 is 10.6 Å². The van der Waals surface area contributed by atoms with Crippen LogP contribution in [0.5, 0.6) is 0 Å². The number of H-pyrrole nitrogens is 1. The molecule has 128 valence electrons. The Hall–Kier alpha value is -3.15. The zero-order chi connectivity index (χ0) is 17.6. The first-order chi connectivity index (χ1) is 12.1. The van der Waals surface area contributed by atoms with Crippen LogP contribution in [0.4, 0.5) is 0 Å². The normalized spacial score (nSPS) is 11.9. The molecule has 0 fully saturated rings. The monoisotopic (exact) mass is 336 g/mol. The molecular formula is C19H20N4O2. The maximum Gasteiger partial charge on any atom is 0.270 e. The number of amides is 2. The largest absolute Gasteiger partial charge is 0.360 e. The van der Waals surface area contributed by atoms with Crippen molar-refractivity contribution in [3.05, 3.63) is 66.0 Å². The molecule has 0 radical (unpaired) electrons. The van der Waals surface area contributed by atoms with Gasteiger partial charge in [0.2, 0.25) is 5.91 Å². The Morgan fingerprint density at radius 3 is 2.72 bits per heavy atom. The summed E-state index contributed by atoms with van der Waals surface area (Å²) in [5, 5.41) is 5.51. The van der Waals surface area contributed by atoms with E-state index < -0.39 is 6.04 Å². The summed E-state index contributed by atoms with van der Waals surface area (Å²) in [6.45, 7) is 2.18. The van der Waals surface area contributed by atoms with Gasteiger partial charge in [-0.25, -0.2) is 4.98 Å². The first-order valence-corrected chi connectivity index (χ1v) is 8.20. The highest BCUT2D eigenvalue weighted by molar-refractivity contribution is 5.97. The predicted molar refractivity (Wildman–Crippen MR) is 96.2 cm³/mol. The number of carbonyl (C=O) groups excluding carboxylic acids is 2. The average molecular weight is 336 g/mol. The lowest BCUT2D eigenvalue weighted by molar-refractivity contribution is -0.122. The number of carbonyl (C=O) groups is 2. The molecule has 2 amide bonds. The number of rotatable bonds is 6. The van der Waals surface area contributed by atoms with E-state index in [0.29, 0.717) is 12.1 Å². The summed E-state index contributed by atoms with van der Waals surface area (Å²) in [5.41, 5.74) is 3.02. The summed E-state index contributed by atoms with van der Waals surface area (Å²) >= 11 is 0. The molecule has 1 aromatic carbocycles. The molecule has 2 heterocycles. The van der Waals surface area contributed by atoms with E-state index in [1.165, 1.54) is 0 Å².